The molecule has 3 rings (SSSR count). The SMILES string of the molecule is CC(=CC(=O)N1CCC2(CC1)OCCO2)CCc1ccccc1. The largest absolute Gasteiger partial charge is 0.347 e. The number of benzene rings is 1. The fraction of sp³-hybridized carbons (Fsp3) is 0.526. The normalized spacial score (nSPS) is 20.9. The molecule has 23 heavy (non-hydrogen) atoms. The van der Waals surface area contributed by atoms with Crippen LogP contribution in [0.25, 0.3) is 0 Å². The molecule has 4 nitrogen and oxygen atoms in total. The fourth-order valence-corrected chi connectivity index (χ4v) is 3.21. The first kappa shape index (κ1) is 16.2. The van der Waals surface area contributed by atoms with Gasteiger partial charge in [0.05, 0.1) is 13.2 Å². The number of ether oxygens (including phenoxy) is 2. The fourth-order valence-electron chi connectivity index (χ4n) is 3.21. The van der Waals surface area contributed by atoms with Crippen LogP contribution >= 0.6 is 0 Å². The van der Waals surface area contributed by atoms with Crippen molar-refractivity contribution in [3.63, 3.8) is 0 Å². The number of hydrogen-bond donors (Lipinski definition) is 0. The second kappa shape index (κ2) is 7.28. The number of carbonyl (C=O) groups excluding carboxylic acids is 1. The predicted octanol–water partition coefficient (Wildman–Crippen LogP) is 2.93. The van der Waals surface area contributed by atoms with Gasteiger partial charge in [0.1, 0.15) is 0 Å². The second-order valence-electron chi connectivity index (χ2n) is 6.41. The first-order chi connectivity index (χ1) is 11.2. The zero-order chi connectivity index (χ0) is 16.1. The molecule has 0 atom stereocenters. The first-order valence-corrected chi connectivity index (χ1v) is 8.45. The van der Waals surface area contributed by atoms with Gasteiger partial charge in [-0.2, -0.15) is 0 Å². The molecule has 1 aromatic carbocycles. The maximum absolute atomic E-state index is 12.4. The Labute approximate surface area is 138 Å². The van der Waals surface area contributed by atoms with Crippen LogP contribution in [0.1, 0.15) is 31.7 Å². The predicted molar refractivity (Wildman–Crippen MR) is 89.0 cm³/mol. The molecule has 1 amide bonds. The van der Waals surface area contributed by atoms with Gasteiger partial charge in [0.2, 0.25) is 5.91 Å². The summed E-state index contributed by atoms with van der Waals surface area (Å²) >= 11 is 0. The number of rotatable bonds is 4. The van der Waals surface area contributed by atoms with Gasteiger partial charge in [0.25, 0.3) is 0 Å². The number of piperidine rings is 1. The maximum atomic E-state index is 12.4. The van der Waals surface area contributed by atoms with E-state index in [4.69, 9.17) is 9.47 Å². The summed E-state index contributed by atoms with van der Waals surface area (Å²) in [6.45, 7) is 4.80. The van der Waals surface area contributed by atoms with Gasteiger partial charge in [-0.3, -0.25) is 4.79 Å². The number of allylic oxidation sites excluding steroid dienone is 1. The van der Waals surface area contributed by atoms with Gasteiger partial charge in [-0.15, -0.1) is 0 Å². The minimum absolute atomic E-state index is 0.114. The molecule has 1 aromatic rings. The molecular formula is C19H25NO3. The van der Waals surface area contributed by atoms with E-state index in [1.54, 1.807) is 6.08 Å². The quantitative estimate of drug-likeness (QED) is 0.802. The molecule has 0 radical (unpaired) electrons. The van der Waals surface area contributed by atoms with Gasteiger partial charge in [-0.25, -0.2) is 0 Å². The van der Waals surface area contributed by atoms with Crippen LogP contribution < -0.4 is 0 Å². The van der Waals surface area contributed by atoms with E-state index in [-0.39, 0.29) is 5.91 Å². The van der Waals surface area contributed by atoms with Gasteiger partial charge in [0, 0.05) is 32.0 Å². The average molecular weight is 315 g/mol. The van der Waals surface area contributed by atoms with Crippen molar-refractivity contribution < 1.29 is 14.3 Å². The third kappa shape index (κ3) is 4.21. The lowest BCUT2D eigenvalue weighted by molar-refractivity contribution is -0.186. The summed E-state index contributed by atoms with van der Waals surface area (Å²) in [7, 11) is 0. The third-order valence-corrected chi connectivity index (χ3v) is 4.67. The molecule has 0 saturated carbocycles. The number of nitrogens with zero attached hydrogens (tertiary/aromatic N) is 1. The molecule has 2 aliphatic rings. The Morgan fingerprint density at radius 1 is 1.17 bits per heavy atom. The third-order valence-electron chi connectivity index (χ3n) is 4.67. The Kier molecular flexibility index (Phi) is 5.13. The highest BCUT2D eigenvalue weighted by atomic mass is 16.7. The van der Waals surface area contributed by atoms with Crippen LogP contribution in [-0.4, -0.2) is 42.9 Å². The first-order valence-electron chi connectivity index (χ1n) is 8.45. The van der Waals surface area contributed by atoms with E-state index >= 15 is 0 Å². The molecule has 0 bridgehead atoms. The number of aryl methyl sites for hydroxylation is 1. The lowest BCUT2D eigenvalue weighted by Crippen LogP contribution is -2.46. The highest BCUT2D eigenvalue weighted by molar-refractivity contribution is 5.88. The molecular weight excluding hydrogens is 290 g/mol. The summed E-state index contributed by atoms with van der Waals surface area (Å²) in [5.74, 6) is -0.300. The summed E-state index contributed by atoms with van der Waals surface area (Å²) in [5, 5.41) is 0. The van der Waals surface area contributed by atoms with E-state index in [1.165, 1.54) is 5.56 Å². The average Bonchev–Trinajstić information content (AvgIpc) is 3.02. The van der Waals surface area contributed by atoms with Crippen molar-refractivity contribution in [1.82, 2.24) is 4.90 Å². The van der Waals surface area contributed by atoms with Crippen LogP contribution in [0.3, 0.4) is 0 Å². The molecule has 2 aliphatic heterocycles. The van der Waals surface area contributed by atoms with Gasteiger partial charge in [-0.05, 0) is 25.3 Å². The van der Waals surface area contributed by atoms with Crippen LogP contribution in [0.15, 0.2) is 42.0 Å². The van der Waals surface area contributed by atoms with Gasteiger partial charge >= 0.3 is 0 Å². The molecule has 1 spiro atoms. The summed E-state index contributed by atoms with van der Waals surface area (Å²) in [6.07, 6.45) is 5.23. The molecule has 0 aliphatic carbocycles. The Morgan fingerprint density at radius 2 is 1.83 bits per heavy atom. The molecule has 2 heterocycles. The number of amides is 1. The molecule has 2 saturated heterocycles. The van der Waals surface area contributed by atoms with Crippen LogP contribution in [-0.2, 0) is 20.7 Å². The van der Waals surface area contributed by atoms with Crippen molar-refractivity contribution in [3.8, 4) is 0 Å². The highest BCUT2D eigenvalue weighted by Crippen LogP contribution is 2.31. The lowest BCUT2D eigenvalue weighted by atomic mass is 10.0. The number of likely N-dealkylation sites (tertiary alicyclic amines) is 1. The van der Waals surface area contributed by atoms with Gasteiger partial charge < -0.3 is 14.4 Å². The van der Waals surface area contributed by atoms with Crippen LogP contribution in [0.4, 0.5) is 0 Å². The zero-order valence-corrected chi connectivity index (χ0v) is 13.8. The van der Waals surface area contributed by atoms with E-state index in [1.807, 2.05) is 17.9 Å². The molecule has 0 N–H and O–H groups in total. The van der Waals surface area contributed by atoms with E-state index < -0.39 is 5.79 Å². The summed E-state index contributed by atoms with van der Waals surface area (Å²) < 4.78 is 11.4. The van der Waals surface area contributed by atoms with Gasteiger partial charge in [0.15, 0.2) is 5.79 Å². The monoisotopic (exact) mass is 315 g/mol. The molecule has 0 aromatic heterocycles. The second-order valence-corrected chi connectivity index (χ2v) is 6.41. The zero-order valence-electron chi connectivity index (χ0n) is 13.8. The van der Waals surface area contributed by atoms with E-state index in [0.717, 1.165) is 31.3 Å². The Hall–Kier alpha value is -1.65. The van der Waals surface area contributed by atoms with Crippen molar-refractivity contribution in [1.29, 1.82) is 0 Å². The minimum Gasteiger partial charge on any atom is -0.347 e. The smallest absolute Gasteiger partial charge is 0.246 e. The minimum atomic E-state index is -0.414. The van der Waals surface area contributed by atoms with E-state index in [2.05, 4.69) is 24.3 Å². The van der Waals surface area contributed by atoms with Crippen LogP contribution in [0, 0.1) is 0 Å². The Morgan fingerprint density at radius 3 is 2.48 bits per heavy atom. The molecule has 124 valence electrons. The molecule has 4 heteroatoms. The lowest BCUT2D eigenvalue weighted by Gasteiger charge is -2.37. The van der Waals surface area contributed by atoms with Crippen molar-refractivity contribution in [2.45, 2.75) is 38.4 Å². The maximum Gasteiger partial charge on any atom is 0.246 e. The van der Waals surface area contributed by atoms with E-state index in [9.17, 15) is 4.79 Å². The number of carbonyl (C=O) groups is 1. The van der Waals surface area contributed by atoms with Crippen molar-refractivity contribution >= 4 is 5.91 Å². The van der Waals surface area contributed by atoms with Crippen molar-refractivity contribution in [2.75, 3.05) is 26.3 Å². The van der Waals surface area contributed by atoms with Crippen LogP contribution in [0.2, 0.25) is 0 Å². The van der Waals surface area contributed by atoms with Crippen molar-refractivity contribution in [2.24, 2.45) is 0 Å². The Bertz CT molecular complexity index is 551. The van der Waals surface area contributed by atoms with Crippen molar-refractivity contribution in [3.05, 3.63) is 47.5 Å². The molecule has 0 unspecified atom stereocenters. The highest BCUT2D eigenvalue weighted by Gasteiger charge is 2.40. The summed E-state index contributed by atoms with van der Waals surface area (Å²) in [6, 6.07) is 10.4. The van der Waals surface area contributed by atoms with Crippen LogP contribution in [0.5, 0.6) is 0 Å². The number of hydrogen-bond acceptors (Lipinski definition) is 3. The molecule has 2 fully saturated rings. The summed E-state index contributed by atoms with van der Waals surface area (Å²) in [4.78, 5) is 14.3. The topological polar surface area (TPSA) is 38.8 Å². The standard InChI is InChI=1S/C19H25NO3/c1-16(7-8-17-5-3-2-4-6-17)15-18(21)20-11-9-19(10-12-20)22-13-14-23-19/h2-6,15H,7-14H2,1H3. The van der Waals surface area contributed by atoms with E-state index in [0.29, 0.717) is 26.3 Å². The Balaban J connectivity index is 1.48. The summed E-state index contributed by atoms with van der Waals surface area (Å²) in [5.41, 5.74) is 2.44. The van der Waals surface area contributed by atoms with Gasteiger partial charge in [-0.1, -0.05) is 35.9 Å².